The summed E-state index contributed by atoms with van der Waals surface area (Å²) in [6.45, 7) is 1.29. The van der Waals surface area contributed by atoms with Crippen molar-refractivity contribution < 1.29 is 26.8 Å². The minimum absolute atomic E-state index is 0.00596. The zero-order valence-electron chi connectivity index (χ0n) is 20.8. The lowest BCUT2D eigenvalue weighted by Gasteiger charge is -2.31. The maximum atomic E-state index is 13.6. The monoisotopic (exact) mass is 594 g/mol. The topological polar surface area (TPSA) is 108 Å². The van der Waals surface area contributed by atoms with Gasteiger partial charge >= 0.3 is 0 Å². The van der Waals surface area contributed by atoms with Crippen molar-refractivity contribution in [3.8, 4) is 11.3 Å². The molecule has 1 saturated heterocycles. The van der Waals surface area contributed by atoms with E-state index in [9.17, 15) is 26.8 Å². The largest absolute Gasteiger partial charge is 0.350 e. The number of sulfonamides is 1. The van der Waals surface area contributed by atoms with Crippen LogP contribution in [-0.4, -0.2) is 55.8 Å². The number of nitrogens with zero attached hydrogens (tertiary/aromatic N) is 2. The first-order valence-electron chi connectivity index (χ1n) is 11.9. The lowest BCUT2D eigenvalue weighted by atomic mass is 10.0. The van der Waals surface area contributed by atoms with Crippen molar-refractivity contribution >= 4 is 44.8 Å². The Labute approximate surface area is 233 Å². The van der Waals surface area contributed by atoms with Crippen molar-refractivity contribution in [1.29, 1.82) is 0 Å². The molecule has 8 nitrogen and oxygen atoms in total. The summed E-state index contributed by atoms with van der Waals surface area (Å²) in [6, 6.07) is 10.1. The highest BCUT2D eigenvalue weighted by molar-refractivity contribution is 7.89. The Bertz CT molecular complexity index is 1500. The van der Waals surface area contributed by atoms with Crippen LogP contribution in [0.5, 0.6) is 0 Å². The normalized spacial score (nSPS) is 14.7. The van der Waals surface area contributed by atoms with Gasteiger partial charge in [-0.2, -0.15) is 13.5 Å². The number of hydrogen-bond acceptors (Lipinski definition) is 6. The molecule has 1 atom stereocenters. The van der Waals surface area contributed by atoms with Gasteiger partial charge in [-0.1, -0.05) is 29.8 Å². The van der Waals surface area contributed by atoms with Gasteiger partial charge in [0.2, 0.25) is 15.9 Å². The van der Waals surface area contributed by atoms with Crippen LogP contribution in [0.15, 0.2) is 70.6 Å². The van der Waals surface area contributed by atoms with Crippen molar-refractivity contribution in [3.63, 3.8) is 0 Å². The summed E-state index contributed by atoms with van der Waals surface area (Å²) in [6.07, 6.45) is -0.193. The first-order valence-corrected chi connectivity index (χ1v) is 14.7. The molecule has 0 unspecified atom stereocenters. The number of rotatable bonds is 8. The summed E-state index contributed by atoms with van der Waals surface area (Å²) in [5.74, 6) is -1.16. The maximum Gasteiger partial charge on any atom is 0.269 e. The summed E-state index contributed by atoms with van der Waals surface area (Å²) in [5.41, 5.74) is 1.86. The number of hydrogen-bond donors (Lipinski definition) is 2. The van der Waals surface area contributed by atoms with Gasteiger partial charge in [-0.15, -0.1) is 11.3 Å². The van der Waals surface area contributed by atoms with Crippen LogP contribution < -0.4 is 10.0 Å². The van der Waals surface area contributed by atoms with Crippen molar-refractivity contribution in [2.24, 2.45) is 0 Å². The molecule has 0 saturated carbocycles. The van der Waals surface area contributed by atoms with Gasteiger partial charge in [0.05, 0.1) is 20.5 Å². The molecule has 0 spiro atoms. The molecule has 0 aliphatic carbocycles. The van der Waals surface area contributed by atoms with Gasteiger partial charge in [0, 0.05) is 36.8 Å². The van der Waals surface area contributed by atoms with Gasteiger partial charge in [-0.25, -0.2) is 8.42 Å². The Kier molecular flexibility index (Phi) is 9.11. The zero-order valence-corrected chi connectivity index (χ0v) is 23.2. The summed E-state index contributed by atoms with van der Waals surface area (Å²) in [5, 5.41) is 4.12. The van der Waals surface area contributed by atoms with Crippen LogP contribution >= 0.6 is 22.9 Å². The zero-order chi connectivity index (χ0) is 28.2. The van der Waals surface area contributed by atoms with Crippen molar-refractivity contribution in [2.45, 2.75) is 30.7 Å². The molecule has 1 fully saturated rings. The van der Waals surface area contributed by atoms with E-state index in [-0.39, 0.29) is 48.5 Å². The van der Waals surface area contributed by atoms with E-state index in [1.807, 2.05) is 0 Å². The Balaban J connectivity index is 1.59. The number of piperidine rings is 1. The molecule has 2 N–H and O–H groups in total. The standard InChI is InChI=1S/C26H25ClF2N4O4S2/c1-16-19(20-6-2-3-10-30-20)5-4-7-22(16)39(36,37)32-21(14-31-25(34)18-13-23(27)38-15-18)26(35)33-11-8-17(9-12-33)24(28)29/h2-7,10,13,15,21,32H,8-9,11-12,14H2,1H3,(H,31,34)/t21-/m0/s1. The molecule has 4 rings (SSSR count). The van der Waals surface area contributed by atoms with E-state index in [1.54, 1.807) is 43.5 Å². The van der Waals surface area contributed by atoms with Crippen molar-refractivity contribution in [1.82, 2.24) is 19.9 Å². The van der Waals surface area contributed by atoms with Crippen LogP contribution in [0, 0.1) is 6.92 Å². The molecule has 1 aromatic carbocycles. The van der Waals surface area contributed by atoms with Crippen LogP contribution in [0.2, 0.25) is 4.34 Å². The fourth-order valence-corrected chi connectivity index (χ4v) is 6.58. The molecular weight excluding hydrogens is 570 g/mol. The second kappa shape index (κ2) is 12.3. The number of carbonyl (C=O) groups is 2. The van der Waals surface area contributed by atoms with Gasteiger partial charge in [-0.3, -0.25) is 14.6 Å². The van der Waals surface area contributed by atoms with Gasteiger partial charge in [0.25, 0.3) is 12.0 Å². The van der Waals surface area contributed by atoms with E-state index in [1.165, 1.54) is 22.4 Å². The number of pyridine rings is 1. The summed E-state index contributed by atoms with van der Waals surface area (Å²) in [7, 11) is -4.26. The Morgan fingerprint density at radius 2 is 1.90 bits per heavy atom. The Morgan fingerprint density at radius 1 is 1.15 bits per heavy atom. The number of amides is 2. The molecule has 1 aliphatic rings. The third-order valence-electron chi connectivity index (χ3n) is 6.35. The van der Waals surface area contributed by atoms with E-state index < -0.39 is 34.0 Å². The van der Waals surface area contributed by atoms with E-state index in [0.717, 1.165) is 11.3 Å². The van der Waals surface area contributed by atoms with E-state index in [4.69, 9.17) is 11.6 Å². The number of benzene rings is 1. The van der Waals surface area contributed by atoms with Gasteiger partial charge in [0.15, 0.2) is 0 Å². The molecule has 2 amide bonds. The van der Waals surface area contributed by atoms with Crippen LogP contribution in [0.1, 0.15) is 28.8 Å². The number of aromatic nitrogens is 1. The molecule has 3 aromatic rings. The lowest BCUT2D eigenvalue weighted by Crippen LogP contribution is -2.54. The maximum absolute atomic E-state index is 13.6. The molecule has 3 heterocycles. The number of carbonyl (C=O) groups excluding carboxylic acids is 2. The fourth-order valence-electron chi connectivity index (χ4n) is 4.27. The van der Waals surface area contributed by atoms with Crippen molar-refractivity contribution in [2.75, 3.05) is 19.6 Å². The highest BCUT2D eigenvalue weighted by Crippen LogP contribution is 2.27. The average molecular weight is 595 g/mol. The molecule has 206 valence electrons. The quantitative estimate of drug-likeness (QED) is 0.396. The first-order chi connectivity index (χ1) is 18.6. The third-order valence-corrected chi connectivity index (χ3v) is 9.06. The lowest BCUT2D eigenvalue weighted by molar-refractivity contribution is -0.133. The summed E-state index contributed by atoms with van der Waals surface area (Å²) in [4.78, 5) is 31.6. The molecule has 1 aliphatic heterocycles. The molecule has 13 heteroatoms. The number of nitrogens with one attached hydrogen (secondary N) is 2. The molecule has 0 bridgehead atoms. The Morgan fingerprint density at radius 3 is 2.51 bits per heavy atom. The van der Waals surface area contributed by atoms with Crippen LogP contribution in [0.4, 0.5) is 8.78 Å². The molecule has 2 aromatic heterocycles. The predicted molar refractivity (Wildman–Crippen MR) is 145 cm³/mol. The summed E-state index contributed by atoms with van der Waals surface area (Å²) < 4.78 is 56.0. The van der Waals surface area contributed by atoms with E-state index in [0.29, 0.717) is 21.2 Å². The molecule has 39 heavy (non-hydrogen) atoms. The second-order valence-corrected chi connectivity index (χ2v) is 12.1. The molecular formula is C26H25ClF2N4O4S2. The minimum atomic E-state index is -4.26. The SMILES string of the molecule is Cc1c(-c2ccccn2)cccc1S(=O)(=O)N[C@@H](CNC(=O)c1csc(Cl)c1)C(=O)N1CCC(=C(F)F)CC1. The number of likely N-dealkylation sites (tertiary alicyclic amines) is 1. The number of halogens is 3. The van der Waals surface area contributed by atoms with Gasteiger partial charge in [-0.05, 0) is 55.2 Å². The van der Waals surface area contributed by atoms with E-state index >= 15 is 0 Å². The number of thiophene rings is 1. The van der Waals surface area contributed by atoms with Crippen LogP contribution in [0.3, 0.4) is 0 Å². The van der Waals surface area contributed by atoms with Crippen molar-refractivity contribution in [3.05, 3.63) is 81.2 Å². The summed E-state index contributed by atoms with van der Waals surface area (Å²) >= 11 is 7.06. The van der Waals surface area contributed by atoms with Crippen LogP contribution in [0.25, 0.3) is 11.3 Å². The van der Waals surface area contributed by atoms with Gasteiger partial charge in [0.1, 0.15) is 6.04 Å². The Hall–Kier alpha value is -3.19. The smallest absolute Gasteiger partial charge is 0.269 e. The van der Waals surface area contributed by atoms with Gasteiger partial charge < -0.3 is 10.2 Å². The van der Waals surface area contributed by atoms with E-state index in [2.05, 4.69) is 15.0 Å². The highest BCUT2D eigenvalue weighted by Gasteiger charge is 2.32. The van der Waals surface area contributed by atoms with Crippen LogP contribution in [-0.2, 0) is 14.8 Å². The average Bonchev–Trinajstić information content (AvgIpc) is 3.37. The first kappa shape index (κ1) is 28.8. The minimum Gasteiger partial charge on any atom is -0.350 e. The third kappa shape index (κ3) is 6.88. The highest BCUT2D eigenvalue weighted by atomic mass is 35.5. The fraction of sp³-hybridized carbons (Fsp3) is 0.269. The molecule has 0 radical (unpaired) electrons. The predicted octanol–water partition coefficient (Wildman–Crippen LogP) is 4.62. The second-order valence-electron chi connectivity index (χ2n) is 8.86.